The third-order valence-electron chi connectivity index (χ3n) is 1.79. The second kappa shape index (κ2) is 2.60. The first kappa shape index (κ1) is 7.56. The molecule has 56 valence electrons. The van der Waals surface area contributed by atoms with Gasteiger partial charge in [0.25, 0.3) is 0 Å². The van der Waals surface area contributed by atoms with E-state index in [0.717, 1.165) is 0 Å². The largest absolute Gasteiger partial charge is 0.481 e. The number of hydrogen-bond acceptors (Lipinski definition) is 3. The van der Waals surface area contributed by atoms with Gasteiger partial charge in [-0.05, 0) is 6.82 Å². The van der Waals surface area contributed by atoms with E-state index in [4.69, 9.17) is 10.1 Å². The highest BCUT2D eigenvalue weighted by atomic mass is 16.4. The standard InChI is InChI=1S/C5H10BNO3/c1-6(10)7-2-4(3-7)5(8)9/h4,10H,2-3H2,1H3,(H,8,9). The SMILES string of the molecule is CB(O)N1CC(C(=O)O)C1. The van der Waals surface area contributed by atoms with Crippen LogP contribution in [0.3, 0.4) is 0 Å². The van der Waals surface area contributed by atoms with Crippen molar-refractivity contribution in [3.8, 4) is 0 Å². The molecule has 10 heavy (non-hydrogen) atoms. The lowest BCUT2D eigenvalue weighted by Gasteiger charge is -2.37. The third kappa shape index (κ3) is 1.30. The van der Waals surface area contributed by atoms with Gasteiger partial charge in [0.15, 0.2) is 0 Å². The number of aliphatic carboxylic acids is 1. The molecule has 0 bridgehead atoms. The van der Waals surface area contributed by atoms with Crippen molar-refractivity contribution in [1.82, 2.24) is 4.81 Å². The molecule has 0 atom stereocenters. The molecule has 0 radical (unpaired) electrons. The van der Waals surface area contributed by atoms with E-state index in [1.165, 1.54) is 0 Å². The van der Waals surface area contributed by atoms with Crippen molar-refractivity contribution in [2.24, 2.45) is 5.92 Å². The topological polar surface area (TPSA) is 60.8 Å². The average molecular weight is 143 g/mol. The van der Waals surface area contributed by atoms with Crippen LogP contribution in [0, 0.1) is 5.92 Å². The number of rotatable bonds is 2. The van der Waals surface area contributed by atoms with Gasteiger partial charge in [-0.1, -0.05) is 0 Å². The molecule has 1 aliphatic rings. The van der Waals surface area contributed by atoms with Crippen LogP contribution in [-0.4, -0.2) is 41.1 Å². The summed E-state index contributed by atoms with van der Waals surface area (Å²) in [5.74, 6) is -1.04. The van der Waals surface area contributed by atoms with Gasteiger partial charge in [0, 0.05) is 13.1 Å². The Morgan fingerprint density at radius 3 is 2.50 bits per heavy atom. The summed E-state index contributed by atoms with van der Waals surface area (Å²) in [5.41, 5.74) is 0. The van der Waals surface area contributed by atoms with Gasteiger partial charge < -0.3 is 14.9 Å². The maximum absolute atomic E-state index is 10.2. The number of carboxylic acids is 1. The van der Waals surface area contributed by atoms with E-state index < -0.39 is 13.0 Å². The van der Waals surface area contributed by atoms with Crippen LogP contribution in [-0.2, 0) is 4.79 Å². The summed E-state index contributed by atoms with van der Waals surface area (Å²) in [7, 11) is -0.504. The molecule has 4 nitrogen and oxygen atoms in total. The molecule has 5 heteroatoms. The van der Waals surface area contributed by atoms with Crippen LogP contribution in [0.25, 0.3) is 0 Å². The highest BCUT2D eigenvalue weighted by Crippen LogP contribution is 2.15. The number of nitrogens with zero attached hydrogens (tertiary/aromatic N) is 1. The Labute approximate surface area is 59.6 Å². The fourth-order valence-electron chi connectivity index (χ4n) is 0.974. The lowest BCUT2D eigenvalue weighted by atomic mass is 9.78. The monoisotopic (exact) mass is 143 g/mol. The zero-order valence-electron chi connectivity index (χ0n) is 5.82. The lowest BCUT2D eigenvalue weighted by molar-refractivity contribution is -0.145. The van der Waals surface area contributed by atoms with Crippen molar-refractivity contribution in [1.29, 1.82) is 0 Å². The molecule has 1 heterocycles. The smallest absolute Gasteiger partial charge is 0.376 e. The first-order valence-electron chi connectivity index (χ1n) is 3.26. The Morgan fingerprint density at radius 1 is 1.70 bits per heavy atom. The van der Waals surface area contributed by atoms with E-state index in [1.54, 1.807) is 11.6 Å². The quantitative estimate of drug-likeness (QED) is 0.492. The maximum Gasteiger partial charge on any atom is 0.376 e. The van der Waals surface area contributed by atoms with Gasteiger partial charge in [-0.3, -0.25) is 4.79 Å². The maximum atomic E-state index is 10.2. The molecular weight excluding hydrogens is 133 g/mol. The third-order valence-corrected chi connectivity index (χ3v) is 1.79. The molecule has 1 rings (SSSR count). The first-order valence-corrected chi connectivity index (χ1v) is 3.26. The van der Waals surface area contributed by atoms with Crippen molar-refractivity contribution in [2.75, 3.05) is 13.1 Å². The Hall–Kier alpha value is -0.545. The molecule has 1 aliphatic heterocycles. The molecule has 0 saturated carbocycles. The predicted molar refractivity (Wildman–Crippen MR) is 36.5 cm³/mol. The fourth-order valence-corrected chi connectivity index (χ4v) is 0.974. The summed E-state index contributed by atoms with van der Waals surface area (Å²) < 4.78 is 0. The zero-order chi connectivity index (χ0) is 7.72. The molecular formula is C5H10BNO3. The van der Waals surface area contributed by atoms with Crippen LogP contribution >= 0.6 is 0 Å². The Balaban J connectivity index is 2.24. The van der Waals surface area contributed by atoms with Crippen LogP contribution in [0.15, 0.2) is 0 Å². The highest BCUT2D eigenvalue weighted by molar-refractivity contribution is 6.45. The molecule has 0 aromatic carbocycles. The fraction of sp³-hybridized carbons (Fsp3) is 0.800. The van der Waals surface area contributed by atoms with E-state index in [0.29, 0.717) is 13.1 Å². The van der Waals surface area contributed by atoms with Crippen molar-refractivity contribution >= 4 is 13.0 Å². The molecule has 0 spiro atoms. The first-order chi connectivity index (χ1) is 4.61. The number of carboxylic acid groups (broad SMARTS) is 1. The van der Waals surface area contributed by atoms with Crippen molar-refractivity contribution < 1.29 is 14.9 Å². The minimum absolute atomic E-state index is 0.269. The van der Waals surface area contributed by atoms with Crippen LogP contribution in [0.2, 0.25) is 6.82 Å². The van der Waals surface area contributed by atoms with Gasteiger partial charge in [0.2, 0.25) is 0 Å². The van der Waals surface area contributed by atoms with Gasteiger partial charge in [-0.25, -0.2) is 0 Å². The summed E-state index contributed by atoms with van der Waals surface area (Å²) in [6, 6.07) is 0. The minimum Gasteiger partial charge on any atom is -0.481 e. The molecule has 0 amide bonds. The van der Waals surface area contributed by atoms with Gasteiger partial charge >= 0.3 is 13.0 Å². The van der Waals surface area contributed by atoms with Crippen LogP contribution < -0.4 is 0 Å². The van der Waals surface area contributed by atoms with E-state index in [2.05, 4.69) is 0 Å². The van der Waals surface area contributed by atoms with E-state index in [1.807, 2.05) is 0 Å². The molecule has 1 fully saturated rings. The summed E-state index contributed by atoms with van der Waals surface area (Å²) in [4.78, 5) is 11.9. The van der Waals surface area contributed by atoms with Crippen LogP contribution in [0.1, 0.15) is 0 Å². The zero-order valence-corrected chi connectivity index (χ0v) is 5.82. The highest BCUT2D eigenvalue weighted by Gasteiger charge is 2.35. The van der Waals surface area contributed by atoms with Gasteiger partial charge in [-0.2, -0.15) is 0 Å². The van der Waals surface area contributed by atoms with Crippen molar-refractivity contribution in [3.63, 3.8) is 0 Å². The Morgan fingerprint density at radius 2 is 2.20 bits per heavy atom. The summed E-state index contributed by atoms with van der Waals surface area (Å²) in [5, 5.41) is 17.3. The minimum atomic E-state index is -0.767. The van der Waals surface area contributed by atoms with Gasteiger partial charge in [0.1, 0.15) is 0 Å². The molecule has 1 saturated heterocycles. The van der Waals surface area contributed by atoms with Crippen LogP contribution in [0.5, 0.6) is 0 Å². The van der Waals surface area contributed by atoms with E-state index >= 15 is 0 Å². The Bertz CT molecular complexity index is 144. The van der Waals surface area contributed by atoms with Crippen LogP contribution in [0.4, 0.5) is 0 Å². The predicted octanol–water partition coefficient (Wildman–Crippen LogP) is -0.887. The average Bonchev–Trinajstić information content (AvgIpc) is 1.56. The second-order valence-electron chi connectivity index (χ2n) is 2.62. The second-order valence-corrected chi connectivity index (χ2v) is 2.62. The van der Waals surface area contributed by atoms with E-state index in [-0.39, 0.29) is 5.92 Å². The summed E-state index contributed by atoms with van der Waals surface area (Å²) in [6.07, 6.45) is 0. The Kier molecular flexibility index (Phi) is 1.96. The summed E-state index contributed by atoms with van der Waals surface area (Å²) >= 11 is 0. The number of hydrogen-bond donors (Lipinski definition) is 2. The van der Waals surface area contributed by atoms with Gasteiger partial charge in [0.05, 0.1) is 5.92 Å². The molecule has 0 unspecified atom stereocenters. The molecule has 0 aromatic heterocycles. The van der Waals surface area contributed by atoms with Crippen molar-refractivity contribution in [3.05, 3.63) is 0 Å². The normalized spacial score (nSPS) is 20.2. The molecule has 0 aliphatic carbocycles. The number of carbonyl (C=O) groups is 1. The molecule has 2 N–H and O–H groups in total. The van der Waals surface area contributed by atoms with Gasteiger partial charge in [-0.15, -0.1) is 0 Å². The lowest BCUT2D eigenvalue weighted by Crippen LogP contribution is -2.56. The van der Waals surface area contributed by atoms with E-state index in [9.17, 15) is 4.79 Å². The van der Waals surface area contributed by atoms with Crippen molar-refractivity contribution in [2.45, 2.75) is 6.82 Å². The summed E-state index contributed by atoms with van der Waals surface area (Å²) in [6.45, 7) is 2.60. The molecule has 0 aromatic rings.